The SMILES string of the molecule is CCOC(=O)c1c(NC(=O)c2cc(=O)c3cc(C)cc(C)c3o2)sc(C(C)=O)c1C. The number of thiophene rings is 1. The Hall–Kier alpha value is -3.26. The Bertz CT molecular complexity index is 1250. The van der Waals surface area contributed by atoms with Crippen molar-refractivity contribution in [2.24, 2.45) is 0 Å². The van der Waals surface area contributed by atoms with Crippen LogP contribution in [0.25, 0.3) is 11.0 Å². The van der Waals surface area contributed by atoms with E-state index in [2.05, 4.69) is 5.32 Å². The third-order valence-corrected chi connectivity index (χ3v) is 5.86. The molecule has 1 amide bonds. The number of fused-ring (bicyclic) bond motifs is 1. The van der Waals surface area contributed by atoms with Crippen molar-refractivity contribution in [3.63, 3.8) is 0 Å². The fraction of sp³-hybridized carbons (Fsp3) is 0.273. The van der Waals surface area contributed by atoms with E-state index in [0.29, 0.717) is 21.4 Å². The summed E-state index contributed by atoms with van der Waals surface area (Å²) in [5.41, 5.74) is 2.19. The molecule has 0 fully saturated rings. The molecule has 156 valence electrons. The van der Waals surface area contributed by atoms with Crippen LogP contribution in [0.2, 0.25) is 0 Å². The molecule has 0 aliphatic heterocycles. The predicted molar refractivity (Wildman–Crippen MR) is 115 cm³/mol. The molecular weight excluding hydrogens is 406 g/mol. The van der Waals surface area contributed by atoms with Gasteiger partial charge < -0.3 is 14.5 Å². The minimum Gasteiger partial charge on any atom is -0.462 e. The number of anilines is 1. The summed E-state index contributed by atoms with van der Waals surface area (Å²) in [6.07, 6.45) is 0. The molecule has 1 N–H and O–H groups in total. The molecule has 0 aliphatic carbocycles. The molecule has 8 heteroatoms. The van der Waals surface area contributed by atoms with Crippen molar-refractivity contribution in [3.8, 4) is 0 Å². The van der Waals surface area contributed by atoms with E-state index in [-0.39, 0.29) is 34.1 Å². The summed E-state index contributed by atoms with van der Waals surface area (Å²) in [4.78, 5) is 50.0. The Morgan fingerprint density at radius 1 is 1.13 bits per heavy atom. The van der Waals surface area contributed by atoms with Crippen LogP contribution in [0.5, 0.6) is 0 Å². The van der Waals surface area contributed by atoms with Crippen LogP contribution in [0, 0.1) is 20.8 Å². The summed E-state index contributed by atoms with van der Waals surface area (Å²) in [6.45, 7) is 8.48. The maximum Gasteiger partial charge on any atom is 0.341 e. The maximum absolute atomic E-state index is 12.8. The van der Waals surface area contributed by atoms with Crippen LogP contribution < -0.4 is 10.7 Å². The van der Waals surface area contributed by atoms with Crippen molar-refractivity contribution in [3.05, 3.63) is 61.3 Å². The van der Waals surface area contributed by atoms with Crippen LogP contribution >= 0.6 is 11.3 Å². The molecule has 0 bridgehead atoms. The Morgan fingerprint density at radius 2 is 1.83 bits per heavy atom. The predicted octanol–water partition coefficient (Wildman–Crippen LogP) is 4.41. The summed E-state index contributed by atoms with van der Waals surface area (Å²) >= 11 is 0.982. The number of carbonyl (C=O) groups excluding carboxylic acids is 3. The van der Waals surface area contributed by atoms with Gasteiger partial charge in [0.25, 0.3) is 5.91 Å². The third kappa shape index (κ3) is 3.91. The van der Waals surface area contributed by atoms with Crippen LogP contribution in [-0.4, -0.2) is 24.3 Å². The first-order valence-corrected chi connectivity index (χ1v) is 10.1. The number of benzene rings is 1. The smallest absolute Gasteiger partial charge is 0.341 e. The molecular formula is C22H21NO6S. The van der Waals surface area contributed by atoms with Gasteiger partial charge in [-0.25, -0.2) is 4.79 Å². The van der Waals surface area contributed by atoms with Crippen molar-refractivity contribution in [1.29, 1.82) is 0 Å². The number of rotatable bonds is 5. The van der Waals surface area contributed by atoms with Gasteiger partial charge >= 0.3 is 5.97 Å². The highest BCUT2D eigenvalue weighted by atomic mass is 32.1. The molecule has 0 aliphatic rings. The second-order valence-electron chi connectivity index (χ2n) is 6.92. The topological polar surface area (TPSA) is 103 Å². The largest absolute Gasteiger partial charge is 0.462 e. The monoisotopic (exact) mass is 427 g/mol. The van der Waals surface area contributed by atoms with Gasteiger partial charge in [0.15, 0.2) is 17.0 Å². The van der Waals surface area contributed by atoms with E-state index in [9.17, 15) is 19.2 Å². The van der Waals surface area contributed by atoms with E-state index in [1.54, 1.807) is 26.8 Å². The molecule has 0 unspecified atom stereocenters. The van der Waals surface area contributed by atoms with E-state index in [4.69, 9.17) is 9.15 Å². The number of hydrogen-bond acceptors (Lipinski definition) is 7. The van der Waals surface area contributed by atoms with Crippen LogP contribution in [0.4, 0.5) is 5.00 Å². The van der Waals surface area contributed by atoms with E-state index < -0.39 is 11.9 Å². The fourth-order valence-corrected chi connectivity index (χ4v) is 4.36. The lowest BCUT2D eigenvalue weighted by atomic mass is 10.1. The zero-order valence-corrected chi connectivity index (χ0v) is 18.1. The molecule has 3 rings (SSSR count). The fourth-order valence-electron chi connectivity index (χ4n) is 3.27. The number of carbonyl (C=O) groups is 3. The molecule has 0 saturated carbocycles. The lowest BCUT2D eigenvalue weighted by molar-refractivity contribution is 0.0527. The van der Waals surface area contributed by atoms with Gasteiger partial charge in [-0.1, -0.05) is 6.07 Å². The van der Waals surface area contributed by atoms with Crippen molar-refractivity contribution < 1.29 is 23.5 Å². The number of Topliss-reactive ketones (excluding diaryl/α,β-unsaturated/α-hetero) is 1. The van der Waals surface area contributed by atoms with Gasteiger partial charge in [-0.3, -0.25) is 14.4 Å². The lowest BCUT2D eigenvalue weighted by Gasteiger charge is -2.08. The first kappa shape index (κ1) is 21.4. The van der Waals surface area contributed by atoms with E-state index in [1.807, 2.05) is 13.0 Å². The van der Waals surface area contributed by atoms with Crippen LogP contribution in [-0.2, 0) is 4.74 Å². The van der Waals surface area contributed by atoms with Gasteiger partial charge in [0.05, 0.1) is 22.4 Å². The van der Waals surface area contributed by atoms with Gasteiger partial charge in [0.2, 0.25) is 0 Å². The molecule has 7 nitrogen and oxygen atoms in total. The molecule has 0 atom stereocenters. The van der Waals surface area contributed by atoms with Gasteiger partial charge in [-0.2, -0.15) is 0 Å². The summed E-state index contributed by atoms with van der Waals surface area (Å²) in [6, 6.07) is 4.68. The first-order chi connectivity index (χ1) is 14.1. The van der Waals surface area contributed by atoms with Gasteiger partial charge in [0.1, 0.15) is 10.6 Å². The normalized spacial score (nSPS) is 10.8. The number of ketones is 1. The molecule has 0 radical (unpaired) electrons. The van der Waals surface area contributed by atoms with Crippen molar-refractivity contribution in [1.82, 2.24) is 0 Å². The zero-order valence-electron chi connectivity index (χ0n) is 17.3. The van der Waals surface area contributed by atoms with Crippen molar-refractivity contribution in [2.45, 2.75) is 34.6 Å². The maximum atomic E-state index is 12.8. The third-order valence-electron chi connectivity index (χ3n) is 4.56. The van der Waals surface area contributed by atoms with E-state index >= 15 is 0 Å². The number of aryl methyl sites for hydroxylation is 2. The second-order valence-corrected chi connectivity index (χ2v) is 7.95. The van der Waals surface area contributed by atoms with Gasteiger partial charge in [-0.15, -0.1) is 11.3 Å². The molecule has 0 saturated heterocycles. The Labute approximate surface area is 176 Å². The van der Waals surface area contributed by atoms with Crippen LogP contribution in [0.15, 0.2) is 27.4 Å². The standard InChI is InChI=1S/C22H21NO6S/c1-6-28-22(27)17-12(4)19(13(5)24)30-21(17)23-20(26)16-9-15(25)14-8-10(2)7-11(3)18(14)29-16/h7-9H,6H2,1-5H3,(H,23,26). The number of nitrogens with one attached hydrogen (secondary N) is 1. The summed E-state index contributed by atoms with van der Waals surface area (Å²) in [5.74, 6) is -1.76. The average Bonchev–Trinajstić information content (AvgIpc) is 2.98. The number of hydrogen-bond donors (Lipinski definition) is 1. The molecule has 2 heterocycles. The number of amides is 1. The number of ether oxygens (including phenoxy) is 1. The number of esters is 1. The molecule has 3 aromatic rings. The highest BCUT2D eigenvalue weighted by Gasteiger charge is 2.26. The Kier molecular flexibility index (Phi) is 5.89. The average molecular weight is 427 g/mol. The minimum absolute atomic E-state index is 0.121. The van der Waals surface area contributed by atoms with Crippen molar-refractivity contribution in [2.75, 3.05) is 11.9 Å². The quantitative estimate of drug-likeness (QED) is 0.478. The first-order valence-electron chi connectivity index (χ1n) is 9.31. The highest BCUT2D eigenvalue weighted by Crippen LogP contribution is 2.34. The molecule has 2 aromatic heterocycles. The van der Waals surface area contributed by atoms with Crippen LogP contribution in [0.1, 0.15) is 61.1 Å². The summed E-state index contributed by atoms with van der Waals surface area (Å²) < 4.78 is 10.8. The van der Waals surface area contributed by atoms with E-state index in [1.165, 1.54) is 6.92 Å². The lowest BCUT2D eigenvalue weighted by Crippen LogP contribution is -2.17. The molecule has 0 spiro atoms. The summed E-state index contributed by atoms with van der Waals surface area (Å²) in [7, 11) is 0. The van der Waals surface area contributed by atoms with Crippen molar-refractivity contribution >= 4 is 45.0 Å². The van der Waals surface area contributed by atoms with Gasteiger partial charge in [-0.05, 0) is 57.4 Å². The Balaban J connectivity index is 2.06. The Morgan fingerprint density at radius 3 is 2.47 bits per heavy atom. The molecule has 30 heavy (non-hydrogen) atoms. The molecule has 1 aromatic carbocycles. The second kappa shape index (κ2) is 8.23. The minimum atomic E-state index is -0.698. The zero-order chi connectivity index (χ0) is 22.2. The van der Waals surface area contributed by atoms with E-state index in [0.717, 1.165) is 28.5 Å². The van der Waals surface area contributed by atoms with Crippen LogP contribution in [0.3, 0.4) is 0 Å². The highest BCUT2D eigenvalue weighted by molar-refractivity contribution is 7.18. The summed E-state index contributed by atoms with van der Waals surface area (Å²) in [5, 5.41) is 3.16. The van der Waals surface area contributed by atoms with Gasteiger partial charge in [0, 0.05) is 6.07 Å².